The third-order valence-corrected chi connectivity index (χ3v) is 4.55. The Balaban J connectivity index is 1.46. The van der Waals surface area contributed by atoms with Gasteiger partial charge < -0.3 is 10.1 Å². The van der Waals surface area contributed by atoms with Crippen LogP contribution in [0.1, 0.15) is 40.5 Å². The molecule has 3 aromatic rings. The van der Waals surface area contributed by atoms with Crippen molar-refractivity contribution in [2.45, 2.75) is 39.8 Å². The number of carbonyl (C=O) groups is 1. The van der Waals surface area contributed by atoms with E-state index in [1.807, 2.05) is 60.3 Å². The Bertz CT molecular complexity index is 900. The Labute approximate surface area is 166 Å². The number of ether oxygens (including phenoxy) is 1. The average Bonchev–Trinajstić information content (AvgIpc) is 3.15. The van der Waals surface area contributed by atoms with Crippen LogP contribution in [0.25, 0.3) is 0 Å². The second-order valence-electron chi connectivity index (χ2n) is 6.82. The normalized spacial score (nSPS) is 10.6. The van der Waals surface area contributed by atoms with Gasteiger partial charge in [-0.1, -0.05) is 31.2 Å². The third-order valence-electron chi connectivity index (χ3n) is 4.55. The highest BCUT2D eigenvalue weighted by Gasteiger charge is 2.06. The number of carbonyl (C=O) groups excluding carboxylic acids is 1. The van der Waals surface area contributed by atoms with Crippen molar-refractivity contribution in [2.24, 2.45) is 0 Å². The van der Waals surface area contributed by atoms with Gasteiger partial charge in [0.1, 0.15) is 12.4 Å². The third kappa shape index (κ3) is 5.71. The molecule has 3 rings (SSSR count). The van der Waals surface area contributed by atoms with E-state index < -0.39 is 0 Å². The zero-order valence-electron chi connectivity index (χ0n) is 16.5. The summed E-state index contributed by atoms with van der Waals surface area (Å²) in [5, 5.41) is 7.31. The highest BCUT2D eigenvalue weighted by atomic mass is 16.5. The van der Waals surface area contributed by atoms with Crippen molar-refractivity contribution in [1.29, 1.82) is 0 Å². The highest BCUT2D eigenvalue weighted by Crippen LogP contribution is 2.15. The maximum Gasteiger partial charge on any atom is 0.251 e. The van der Waals surface area contributed by atoms with Crippen molar-refractivity contribution in [3.8, 4) is 5.75 Å². The molecule has 0 radical (unpaired) electrons. The summed E-state index contributed by atoms with van der Waals surface area (Å²) in [6.45, 7) is 5.94. The Kier molecular flexibility index (Phi) is 6.84. The summed E-state index contributed by atoms with van der Waals surface area (Å²) < 4.78 is 7.73. The van der Waals surface area contributed by atoms with Gasteiger partial charge in [0.25, 0.3) is 5.91 Å². The number of hydrogen-bond acceptors (Lipinski definition) is 3. The van der Waals surface area contributed by atoms with E-state index in [0.29, 0.717) is 18.7 Å². The van der Waals surface area contributed by atoms with E-state index >= 15 is 0 Å². The number of hydrogen-bond donors (Lipinski definition) is 1. The minimum Gasteiger partial charge on any atom is -0.489 e. The van der Waals surface area contributed by atoms with Crippen molar-refractivity contribution in [3.63, 3.8) is 0 Å². The fourth-order valence-corrected chi connectivity index (χ4v) is 2.92. The monoisotopic (exact) mass is 377 g/mol. The first-order chi connectivity index (χ1) is 13.6. The summed E-state index contributed by atoms with van der Waals surface area (Å²) in [5.74, 6) is 0.770. The molecular weight excluding hydrogens is 350 g/mol. The molecule has 2 aromatic carbocycles. The molecule has 0 fully saturated rings. The predicted octanol–water partition coefficient (Wildman–Crippen LogP) is 4.15. The Morgan fingerprint density at radius 2 is 1.93 bits per heavy atom. The van der Waals surface area contributed by atoms with Gasteiger partial charge in [-0.05, 0) is 61.2 Å². The van der Waals surface area contributed by atoms with Crippen LogP contribution >= 0.6 is 0 Å². The number of nitrogens with zero attached hydrogens (tertiary/aromatic N) is 2. The quantitative estimate of drug-likeness (QED) is 0.570. The van der Waals surface area contributed by atoms with Crippen LogP contribution in [-0.2, 0) is 19.6 Å². The Hall–Kier alpha value is -3.08. The fraction of sp³-hybridized carbons (Fsp3) is 0.304. The van der Waals surface area contributed by atoms with Gasteiger partial charge in [-0.25, -0.2) is 0 Å². The summed E-state index contributed by atoms with van der Waals surface area (Å²) in [4.78, 5) is 12.4. The molecule has 5 heteroatoms. The Morgan fingerprint density at radius 1 is 1.11 bits per heavy atom. The molecule has 1 N–H and O–H groups in total. The van der Waals surface area contributed by atoms with Crippen molar-refractivity contribution in [3.05, 3.63) is 83.2 Å². The summed E-state index contributed by atoms with van der Waals surface area (Å²) in [5.41, 5.74) is 3.91. The van der Waals surface area contributed by atoms with E-state index in [-0.39, 0.29) is 5.91 Å². The largest absolute Gasteiger partial charge is 0.489 e. The van der Waals surface area contributed by atoms with Crippen LogP contribution in [0.15, 0.2) is 60.8 Å². The molecule has 0 bridgehead atoms. The number of aromatic nitrogens is 2. The van der Waals surface area contributed by atoms with Gasteiger partial charge in [0, 0.05) is 24.8 Å². The maximum atomic E-state index is 12.4. The van der Waals surface area contributed by atoms with Crippen molar-refractivity contribution >= 4 is 5.91 Å². The molecule has 5 nitrogen and oxygen atoms in total. The second-order valence-corrected chi connectivity index (χ2v) is 6.82. The lowest BCUT2D eigenvalue weighted by atomic mass is 10.1. The molecule has 146 valence electrons. The lowest BCUT2D eigenvalue weighted by Gasteiger charge is -2.09. The minimum atomic E-state index is -0.0641. The number of aryl methyl sites for hydroxylation is 3. The summed E-state index contributed by atoms with van der Waals surface area (Å²) in [6, 6.07) is 17.7. The molecule has 0 spiro atoms. The lowest BCUT2D eigenvalue weighted by Crippen LogP contribution is -2.25. The van der Waals surface area contributed by atoms with Crippen LogP contribution in [-0.4, -0.2) is 22.2 Å². The summed E-state index contributed by atoms with van der Waals surface area (Å²) in [6.07, 6.45) is 3.80. The van der Waals surface area contributed by atoms with Crippen molar-refractivity contribution in [1.82, 2.24) is 15.1 Å². The zero-order valence-corrected chi connectivity index (χ0v) is 16.5. The number of rotatable bonds is 9. The predicted molar refractivity (Wildman–Crippen MR) is 111 cm³/mol. The van der Waals surface area contributed by atoms with Crippen LogP contribution < -0.4 is 10.1 Å². The molecule has 1 aromatic heterocycles. The van der Waals surface area contributed by atoms with Gasteiger partial charge in [0.15, 0.2) is 0 Å². The molecule has 0 saturated heterocycles. The molecule has 0 aliphatic rings. The first-order valence-electron chi connectivity index (χ1n) is 9.73. The molecular formula is C23H27N3O2. The van der Waals surface area contributed by atoms with Crippen LogP contribution in [0.2, 0.25) is 0 Å². The molecule has 1 heterocycles. The van der Waals surface area contributed by atoms with Crippen molar-refractivity contribution < 1.29 is 9.53 Å². The van der Waals surface area contributed by atoms with Gasteiger partial charge in [-0.2, -0.15) is 5.10 Å². The first kappa shape index (κ1) is 19.7. The molecule has 0 aliphatic carbocycles. The lowest BCUT2D eigenvalue weighted by molar-refractivity contribution is 0.0952. The smallest absolute Gasteiger partial charge is 0.251 e. The molecule has 0 atom stereocenters. The van der Waals surface area contributed by atoms with Gasteiger partial charge in [-0.3, -0.25) is 9.48 Å². The molecule has 0 unspecified atom stereocenters. The molecule has 0 aliphatic heterocycles. The van der Waals surface area contributed by atoms with E-state index in [1.165, 1.54) is 5.56 Å². The minimum absolute atomic E-state index is 0.0641. The standard InChI is InChI=1S/C23H27N3O2/c1-3-19-8-10-22(11-9-19)28-17-20-6-4-7-21(16-20)23(27)24-13-5-14-26-15-12-18(2)25-26/h4,6-12,15-16H,3,5,13-14,17H2,1-2H3,(H,24,27). The molecule has 1 amide bonds. The average molecular weight is 377 g/mol. The van der Waals surface area contributed by atoms with Crippen molar-refractivity contribution in [2.75, 3.05) is 6.54 Å². The summed E-state index contributed by atoms with van der Waals surface area (Å²) >= 11 is 0. The fourth-order valence-electron chi connectivity index (χ4n) is 2.92. The van der Waals surface area contributed by atoms with E-state index in [4.69, 9.17) is 4.74 Å². The van der Waals surface area contributed by atoms with E-state index in [1.54, 1.807) is 0 Å². The molecule has 0 saturated carbocycles. The number of amides is 1. The second kappa shape index (κ2) is 9.74. The highest BCUT2D eigenvalue weighted by molar-refractivity contribution is 5.94. The molecule has 28 heavy (non-hydrogen) atoms. The van der Waals surface area contributed by atoms with Crippen LogP contribution in [0.4, 0.5) is 0 Å². The Morgan fingerprint density at radius 3 is 2.64 bits per heavy atom. The van der Waals surface area contributed by atoms with Crippen LogP contribution in [0, 0.1) is 6.92 Å². The topological polar surface area (TPSA) is 56.1 Å². The van der Waals surface area contributed by atoms with E-state index in [0.717, 1.165) is 36.4 Å². The first-order valence-corrected chi connectivity index (χ1v) is 9.73. The van der Waals surface area contributed by atoms with Gasteiger partial charge in [0.2, 0.25) is 0 Å². The van der Waals surface area contributed by atoms with Gasteiger partial charge >= 0.3 is 0 Å². The van der Waals surface area contributed by atoms with Gasteiger partial charge in [-0.15, -0.1) is 0 Å². The SMILES string of the molecule is CCc1ccc(OCc2cccc(C(=O)NCCCn3ccc(C)n3)c2)cc1. The number of benzene rings is 2. The maximum absolute atomic E-state index is 12.4. The zero-order chi connectivity index (χ0) is 19.8. The van der Waals surface area contributed by atoms with E-state index in [2.05, 4.69) is 29.5 Å². The summed E-state index contributed by atoms with van der Waals surface area (Å²) in [7, 11) is 0. The van der Waals surface area contributed by atoms with Crippen LogP contribution in [0.3, 0.4) is 0 Å². The van der Waals surface area contributed by atoms with E-state index in [9.17, 15) is 4.79 Å². The van der Waals surface area contributed by atoms with Crippen LogP contribution in [0.5, 0.6) is 5.75 Å². The van der Waals surface area contributed by atoms with Gasteiger partial charge in [0.05, 0.1) is 5.69 Å². The number of nitrogens with one attached hydrogen (secondary N) is 1.